The molecule has 1 nitrogen and oxygen atoms in total. The lowest BCUT2D eigenvalue weighted by Crippen LogP contribution is -2.49. The Morgan fingerprint density at radius 1 is 0.625 bits per heavy atom. The quantitative estimate of drug-likeness (QED) is 0.350. The van der Waals surface area contributed by atoms with E-state index >= 15 is 0 Å². The number of aryl methyl sites for hydroxylation is 1. The van der Waals surface area contributed by atoms with E-state index in [0.717, 1.165) is 0 Å². The van der Waals surface area contributed by atoms with Crippen LogP contribution < -0.4 is 0 Å². The average molecular weight is 428 g/mol. The summed E-state index contributed by atoms with van der Waals surface area (Å²) < 4.78 is 0. The van der Waals surface area contributed by atoms with Crippen LogP contribution in [-0.4, -0.2) is 18.0 Å². The van der Waals surface area contributed by atoms with Gasteiger partial charge in [0, 0.05) is 0 Å². The fraction of sp³-hybridized carbons (Fsp3) is 0.419. The third-order valence-electron chi connectivity index (χ3n) is 6.67. The molecule has 1 fully saturated rings. The van der Waals surface area contributed by atoms with E-state index in [0.29, 0.717) is 0 Å². The lowest BCUT2D eigenvalue weighted by atomic mass is 9.77. The van der Waals surface area contributed by atoms with Gasteiger partial charge in [-0.15, -0.1) is 0 Å². The van der Waals surface area contributed by atoms with E-state index in [1.807, 2.05) is 0 Å². The van der Waals surface area contributed by atoms with E-state index in [9.17, 15) is 0 Å². The highest BCUT2D eigenvalue weighted by Gasteiger charge is 2.39. The van der Waals surface area contributed by atoms with Crippen molar-refractivity contribution in [2.24, 2.45) is 0 Å². The van der Waals surface area contributed by atoms with E-state index in [1.54, 1.807) is 0 Å². The number of nitrogens with zero attached hydrogens (tertiary/aromatic N) is 1. The lowest BCUT2D eigenvalue weighted by molar-refractivity contribution is 0.0878. The van der Waals surface area contributed by atoms with Crippen molar-refractivity contribution in [1.82, 2.24) is 4.90 Å². The van der Waals surface area contributed by atoms with E-state index in [-0.39, 0.29) is 5.54 Å². The first kappa shape index (κ1) is 24.3. The molecule has 1 aliphatic rings. The fourth-order valence-electron chi connectivity index (χ4n) is 5.07. The van der Waals surface area contributed by atoms with Crippen LogP contribution >= 0.6 is 0 Å². The number of benzene rings is 3. The Hall–Kier alpha value is -2.38. The van der Waals surface area contributed by atoms with Crippen LogP contribution in [0.25, 0.3) is 0 Å². The molecule has 3 aromatic rings. The van der Waals surface area contributed by atoms with Crippen LogP contribution in [0.2, 0.25) is 0 Å². The highest BCUT2D eigenvalue weighted by atomic mass is 15.2. The monoisotopic (exact) mass is 427 g/mol. The maximum absolute atomic E-state index is 2.74. The number of hydrogen-bond acceptors (Lipinski definition) is 1. The number of hydrogen-bond donors (Lipinski definition) is 0. The molecule has 32 heavy (non-hydrogen) atoms. The predicted molar refractivity (Wildman–Crippen MR) is 139 cm³/mol. The van der Waals surface area contributed by atoms with Crippen LogP contribution in [0.5, 0.6) is 0 Å². The minimum absolute atomic E-state index is 0.0394. The first-order chi connectivity index (χ1) is 15.8. The minimum Gasteiger partial charge on any atom is -0.290 e. The second-order valence-corrected chi connectivity index (χ2v) is 8.98. The molecule has 170 valence electrons. The van der Waals surface area contributed by atoms with Gasteiger partial charge in [0.05, 0.1) is 5.54 Å². The fourth-order valence-corrected chi connectivity index (χ4v) is 5.07. The smallest absolute Gasteiger partial charge is 0.0715 e. The van der Waals surface area contributed by atoms with Crippen molar-refractivity contribution in [1.29, 1.82) is 0 Å². The van der Waals surface area contributed by atoms with Gasteiger partial charge >= 0.3 is 0 Å². The van der Waals surface area contributed by atoms with Crippen LogP contribution in [-0.2, 0) is 12.0 Å². The first-order valence-electron chi connectivity index (χ1n) is 12.7. The summed E-state index contributed by atoms with van der Waals surface area (Å²) in [7, 11) is 0. The number of unbranched alkanes of at least 4 members (excludes halogenated alkanes) is 1. The summed E-state index contributed by atoms with van der Waals surface area (Å²) in [4.78, 5) is 2.74. The van der Waals surface area contributed by atoms with Gasteiger partial charge in [-0.3, -0.25) is 4.90 Å². The number of likely N-dealkylation sites (tertiary alicyclic amines) is 1. The normalized spacial score (nSPS) is 14.4. The summed E-state index contributed by atoms with van der Waals surface area (Å²) in [6.07, 6.45) is 10.2. The Morgan fingerprint density at radius 3 is 1.59 bits per heavy atom. The molecule has 0 unspecified atom stereocenters. The molecule has 0 bridgehead atoms. The predicted octanol–water partition coefficient (Wildman–Crippen LogP) is 8.25. The van der Waals surface area contributed by atoms with Gasteiger partial charge in [0.1, 0.15) is 0 Å². The van der Waals surface area contributed by atoms with Gasteiger partial charge in [-0.1, -0.05) is 124 Å². The molecule has 3 aromatic carbocycles. The molecule has 1 saturated heterocycles. The van der Waals surface area contributed by atoms with Crippen molar-refractivity contribution in [2.75, 3.05) is 13.1 Å². The molecular weight excluding hydrogens is 386 g/mol. The summed E-state index contributed by atoms with van der Waals surface area (Å²) in [5.74, 6) is 0. The Labute approximate surface area is 196 Å². The van der Waals surface area contributed by atoms with Crippen molar-refractivity contribution in [3.63, 3.8) is 0 Å². The lowest BCUT2D eigenvalue weighted by Gasteiger charge is -2.47. The highest BCUT2D eigenvalue weighted by Crippen LogP contribution is 2.41. The van der Waals surface area contributed by atoms with Crippen LogP contribution in [0.4, 0.5) is 0 Å². The zero-order valence-electron chi connectivity index (χ0n) is 20.2. The van der Waals surface area contributed by atoms with Crippen molar-refractivity contribution in [2.45, 2.75) is 70.8 Å². The van der Waals surface area contributed by atoms with Crippen LogP contribution in [0.3, 0.4) is 0 Å². The molecule has 0 radical (unpaired) electrons. The Kier molecular flexibility index (Phi) is 10.0. The van der Waals surface area contributed by atoms with Gasteiger partial charge in [-0.25, -0.2) is 0 Å². The van der Waals surface area contributed by atoms with Crippen LogP contribution in [0, 0.1) is 0 Å². The molecule has 0 amide bonds. The molecule has 0 N–H and O–H groups in total. The zero-order valence-corrected chi connectivity index (χ0v) is 20.2. The summed E-state index contributed by atoms with van der Waals surface area (Å²) >= 11 is 0. The van der Waals surface area contributed by atoms with Gasteiger partial charge in [-0.2, -0.15) is 0 Å². The second kappa shape index (κ2) is 13.2. The Morgan fingerprint density at radius 2 is 1.12 bits per heavy atom. The molecule has 4 rings (SSSR count). The Bertz CT molecular complexity index is 811. The average Bonchev–Trinajstić information content (AvgIpc) is 2.88. The molecular formula is C31H41N. The molecule has 0 saturated carbocycles. The molecule has 0 atom stereocenters. The third kappa shape index (κ3) is 6.33. The van der Waals surface area contributed by atoms with E-state index < -0.39 is 0 Å². The van der Waals surface area contributed by atoms with Crippen molar-refractivity contribution < 1.29 is 0 Å². The summed E-state index contributed by atoms with van der Waals surface area (Å²) in [5.41, 5.74) is 4.40. The number of rotatable bonds is 8. The summed E-state index contributed by atoms with van der Waals surface area (Å²) in [6, 6.07) is 32.9. The molecule has 1 aliphatic heterocycles. The van der Waals surface area contributed by atoms with E-state index in [2.05, 4.69) is 110 Å². The van der Waals surface area contributed by atoms with Gasteiger partial charge < -0.3 is 0 Å². The number of piperidine rings is 1. The maximum atomic E-state index is 2.74. The van der Waals surface area contributed by atoms with Crippen LogP contribution in [0.15, 0.2) is 91.0 Å². The van der Waals surface area contributed by atoms with Gasteiger partial charge in [0.2, 0.25) is 0 Å². The first-order valence-corrected chi connectivity index (χ1v) is 12.7. The van der Waals surface area contributed by atoms with Gasteiger partial charge in [0.15, 0.2) is 0 Å². The Balaban J connectivity index is 0.000000243. The third-order valence-corrected chi connectivity index (χ3v) is 6.67. The molecule has 0 aromatic heterocycles. The minimum atomic E-state index is 0.0394. The van der Waals surface area contributed by atoms with Crippen molar-refractivity contribution in [3.05, 3.63) is 108 Å². The maximum Gasteiger partial charge on any atom is 0.0715 e. The molecule has 1 heteroatoms. The van der Waals surface area contributed by atoms with E-state index in [1.165, 1.54) is 81.1 Å². The van der Waals surface area contributed by atoms with Crippen LogP contribution in [0.1, 0.15) is 75.5 Å². The van der Waals surface area contributed by atoms with E-state index in [4.69, 9.17) is 0 Å². The summed E-state index contributed by atoms with van der Waals surface area (Å²) in [6.45, 7) is 6.96. The van der Waals surface area contributed by atoms with Gasteiger partial charge in [0.25, 0.3) is 0 Å². The largest absolute Gasteiger partial charge is 0.290 e. The van der Waals surface area contributed by atoms with Crippen molar-refractivity contribution >= 4 is 0 Å². The van der Waals surface area contributed by atoms with Crippen molar-refractivity contribution in [3.8, 4) is 0 Å². The summed E-state index contributed by atoms with van der Waals surface area (Å²) in [5, 5.41) is 0. The highest BCUT2D eigenvalue weighted by molar-refractivity contribution is 5.38. The topological polar surface area (TPSA) is 3.24 Å². The molecule has 1 heterocycles. The molecule has 0 aliphatic carbocycles. The molecule has 0 spiro atoms. The van der Waals surface area contributed by atoms with Gasteiger partial charge in [-0.05, 0) is 61.9 Å². The SMILES string of the molecule is CCCC(c1ccccc1)(c1ccccc1)N1CCCCC1.CCCCc1ccccc1. The second-order valence-electron chi connectivity index (χ2n) is 8.98. The standard InChI is InChI=1S/C21H27N.C10H14/c1-2-16-21(19-12-6-3-7-13-19,20-14-8-4-9-15-20)22-17-10-5-11-18-22;1-2-3-7-10-8-5-4-6-9-10/h3-4,6-9,12-15H,2,5,10-11,16-18H2,1H3;4-6,8-9H,2-3,7H2,1H3. The zero-order chi connectivity index (χ0) is 22.5.